The van der Waals surface area contributed by atoms with E-state index in [0.717, 1.165) is 6.54 Å². The average Bonchev–Trinajstić information content (AvgIpc) is 2.55. The first-order chi connectivity index (χ1) is 11.1. The Bertz CT molecular complexity index is 516. The number of halogens is 1. The molecular formula is C17H26FN3O2. The second kappa shape index (κ2) is 8.84. The number of aliphatic hydroxyl groups is 1. The van der Waals surface area contributed by atoms with E-state index in [2.05, 4.69) is 15.6 Å². The summed E-state index contributed by atoms with van der Waals surface area (Å²) in [5, 5.41) is 16.8. The molecule has 1 fully saturated rings. The van der Waals surface area contributed by atoms with E-state index >= 15 is 0 Å². The van der Waals surface area contributed by atoms with Gasteiger partial charge in [0.15, 0.2) is 5.96 Å². The van der Waals surface area contributed by atoms with Crippen LogP contribution in [-0.2, 0) is 11.2 Å². The molecule has 0 aromatic heterocycles. The van der Waals surface area contributed by atoms with Gasteiger partial charge in [-0.05, 0) is 25.0 Å². The number of aliphatic imine (C=N–C) groups is 1. The van der Waals surface area contributed by atoms with Crippen molar-refractivity contribution in [2.45, 2.75) is 31.8 Å². The zero-order chi connectivity index (χ0) is 16.5. The van der Waals surface area contributed by atoms with Gasteiger partial charge in [0.1, 0.15) is 5.82 Å². The van der Waals surface area contributed by atoms with Crippen molar-refractivity contribution >= 4 is 5.96 Å². The molecule has 0 spiro atoms. The van der Waals surface area contributed by atoms with Crippen LogP contribution in [0, 0.1) is 5.82 Å². The minimum absolute atomic E-state index is 0.187. The van der Waals surface area contributed by atoms with E-state index < -0.39 is 5.60 Å². The van der Waals surface area contributed by atoms with E-state index in [1.165, 1.54) is 6.07 Å². The Kier molecular flexibility index (Phi) is 6.80. The predicted octanol–water partition coefficient (Wildman–Crippen LogP) is 1.46. The first-order valence-corrected chi connectivity index (χ1v) is 8.19. The Hall–Kier alpha value is -1.66. The van der Waals surface area contributed by atoms with Gasteiger partial charge in [0.05, 0.1) is 12.1 Å². The lowest BCUT2D eigenvalue weighted by Crippen LogP contribution is -2.43. The van der Waals surface area contributed by atoms with Crippen molar-refractivity contribution < 1.29 is 14.2 Å². The summed E-state index contributed by atoms with van der Waals surface area (Å²) < 4.78 is 18.9. The summed E-state index contributed by atoms with van der Waals surface area (Å²) in [6.45, 7) is 4.77. The quantitative estimate of drug-likeness (QED) is 0.548. The van der Waals surface area contributed by atoms with Crippen LogP contribution in [0.4, 0.5) is 4.39 Å². The molecule has 6 heteroatoms. The monoisotopic (exact) mass is 323 g/mol. The van der Waals surface area contributed by atoms with Crippen LogP contribution in [0.25, 0.3) is 0 Å². The fraction of sp³-hybridized carbons (Fsp3) is 0.588. The fourth-order valence-corrected chi connectivity index (χ4v) is 2.49. The van der Waals surface area contributed by atoms with Gasteiger partial charge in [-0.2, -0.15) is 0 Å². The number of nitrogens with one attached hydrogen (secondary N) is 2. The molecule has 1 saturated heterocycles. The zero-order valence-electron chi connectivity index (χ0n) is 13.6. The molecule has 1 heterocycles. The van der Waals surface area contributed by atoms with Crippen molar-refractivity contribution in [1.82, 2.24) is 10.6 Å². The Labute approximate surface area is 137 Å². The fourth-order valence-electron chi connectivity index (χ4n) is 2.49. The van der Waals surface area contributed by atoms with Crippen LogP contribution in [0.1, 0.15) is 25.3 Å². The number of ether oxygens (including phenoxy) is 1. The number of hydrogen-bond acceptors (Lipinski definition) is 3. The molecule has 1 aliphatic rings. The molecule has 3 N–H and O–H groups in total. The van der Waals surface area contributed by atoms with Crippen molar-refractivity contribution in [2.75, 3.05) is 32.8 Å². The van der Waals surface area contributed by atoms with Crippen molar-refractivity contribution in [3.8, 4) is 0 Å². The van der Waals surface area contributed by atoms with Crippen LogP contribution in [0.2, 0.25) is 0 Å². The topological polar surface area (TPSA) is 65.9 Å². The lowest BCUT2D eigenvalue weighted by atomic mass is 9.95. The maximum absolute atomic E-state index is 13.6. The maximum atomic E-state index is 13.6. The SMILES string of the molecule is CCNC(=NCC1(O)CCOCC1)NCCc1ccccc1F. The van der Waals surface area contributed by atoms with Crippen LogP contribution in [0.3, 0.4) is 0 Å². The Morgan fingerprint density at radius 3 is 2.74 bits per heavy atom. The molecule has 0 aliphatic carbocycles. The van der Waals surface area contributed by atoms with Gasteiger partial charge in [-0.3, -0.25) is 4.99 Å². The molecule has 0 radical (unpaired) electrons. The summed E-state index contributed by atoms with van der Waals surface area (Å²) in [5.41, 5.74) is -0.106. The molecule has 5 nitrogen and oxygen atoms in total. The van der Waals surface area contributed by atoms with E-state index in [-0.39, 0.29) is 5.82 Å². The van der Waals surface area contributed by atoms with Gasteiger partial charge in [-0.1, -0.05) is 18.2 Å². The molecule has 0 unspecified atom stereocenters. The third-order valence-corrected chi connectivity index (χ3v) is 3.94. The van der Waals surface area contributed by atoms with E-state index in [1.807, 2.05) is 13.0 Å². The minimum Gasteiger partial charge on any atom is -0.388 e. The van der Waals surface area contributed by atoms with E-state index in [0.29, 0.717) is 57.1 Å². The second-order valence-corrected chi connectivity index (χ2v) is 5.80. The smallest absolute Gasteiger partial charge is 0.191 e. The lowest BCUT2D eigenvalue weighted by molar-refractivity contribution is -0.0565. The highest BCUT2D eigenvalue weighted by Gasteiger charge is 2.29. The Morgan fingerprint density at radius 1 is 1.30 bits per heavy atom. The van der Waals surface area contributed by atoms with Crippen LogP contribution in [-0.4, -0.2) is 49.5 Å². The number of rotatable bonds is 6. The summed E-state index contributed by atoms with van der Waals surface area (Å²) in [6, 6.07) is 6.77. The van der Waals surface area contributed by atoms with Gasteiger partial charge in [-0.25, -0.2) is 4.39 Å². The lowest BCUT2D eigenvalue weighted by Gasteiger charge is -2.30. The first kappa shape index (κ1) is 17.7. The Morgan fingerprint density at radius 2 is 2.04 bits per heavy atom. The molecule has 0 saturated carbocycles. The number of guanidine groups is 1. The molecule has 23 heavy (non-hydrogen) atoms. The number of nitrogens with zero attached hydrogens (tertiary/aromatic N) is 1. The molecule has 128 valence electrons. The van der Waals surface area contributed by atoms with Crippen LogP contribution >= 0.6 is 0 Å². The molecule has 1 aliphatic heterocycles. The molecule has 2 rings (SSSR count). The zero-order valence-corrected chi connectivity index (χ0v) is 13.6. The summed E-state index contributed by atoms with van der Waals surface area (Å²) >= 11 is 0. The minimum atomic E-state index is -0.786. The van der Waals surface area contributed by atoms with Crippen molar-refractivity contribution in [1.29, 1.82) is 0 Å². The van der Waals surface area contributed by atoms with E-state index in [4.69, 9.17) is 4.74 Å². The van der Waals surface area contributed by atoms with Crippen LogP contribution in [0.15, 0.2) is 29.3 Å². The van der Waals surface area contributed by atoms with Crippen molar-refractivity contribution in [3.05, 3.63) is 35.6 Å². The standard InChI is InChI=1S/C17H26FN3O2/c1-2-19-16(21-13-17(22)8-11-23-12-9-17)20-10-7-14-5-3-4-6-15(14)18/h3-6,22H,2,7-13H2,1H3,(H2,19,20,21). The van der Waals surface area contributed by atoms with Gasteiger partial charge >= 0.3 is 0 Å². The van der Waals surface area contributed by atoms with Gasteiger partial charge in [0, 0.05) is 39.1 Å². The Balaban J connectivity index is 1.85. The summed E-state index contributed by atoms with van der Waals surface area (Å²) in [4.78, 5) is 4.46. The predicted molar refractivity (Wildman–Crippen MR) is 89.1 cm³/mol. The number of benzene rings is 1. The van der Waals surface area contributed by atoms with Gasteiger partial charge in [-0.15, -0.1) is 0 Å². The normalized spacial score (nSPS) is 17.8. The van der Waals surface area contributed by atoms with Gasteiger partial charge in [0.25, 0.3) is 0 Å². The van der Waals surface area contributed by atoms with Crippen molar-refractivity contribution in [3.63, 3.8) is 0 Å². The van der Waals surface area contributed by atoms with Gasteiger partial charge < -0.3 is 20.5 Å². The second-order valence-electron chi connectivity index (χ2n) is 5.80. The van der Waals surface area contributed by atoms with Gasteiger partial charge in [0.2, 0.25) is 0 Å². The average molecular weight is 323 g/mol. The summed E-state index contributed by atoms with van der Waals surface area (Å²) in [7, 11) is 0. The summed E-state index contributed by atoms with van der Waals surface area (Å²) in [5.74, 6) is 0.455. The van der Waals surface area contributed by atoms with Crippen LogP contribution in [0.5, 0.6) is 0 Å². The third-order valence-electron chi connectivity index (χ3n) is 3.94. The molecule has 0 amide bonds. The summed E-state index contributed by atoms with van der Waals surface area (Å²) in [6.07, 6.45) is 1.78. The van der Waals surface area contributed by atoms with E-state index in [9.17, 15) is 9.50 Å². The maximum Gasteiger partial charge on any atom is 0.191 e. The first-order valence-electron chi connectivity index (χ1n) is 8.19. The van der Waals surface area contributed by atoms with E-state index in [1.54, 1.807) is 12.1 Å². The molecule has 1 aromatic carbocycles. The number of hydrogen-bond donors (Lipinski definition) is 3. The van der Waals surface area contributed by atoms with Crippen LogP contribution < -0.4 is 10.6 Å². The highest BCUT2D eigenvalue weighted by molar-refractivity contribution is 5.79. The molecular weight excluding hydrogens is 297 g/mol. The third kappa shape index (κ3) is 5.80. The molecule has 0 bridgehead atoms. The largest absolute Gasteiger partial charge is 0.388 e. The van der Waals surface area contributed by atoms with Crippen molar-refractivity contribution in [2.24, 2.45) is 4.99 Å². The molecule has 1 aromatic rings. The molecule has 0 atom stereocenters. The highest BCUT2D eigenvalue weighted by Crippen LogP contribution is 2.20. The highest BCUT2D eigenvalue weighted by atomic mass is 19.1.